The van der Waals surface area contributed by atoms with Crippen LogP contribution < -0.4 is 9.62 Å². The van der Waals surface area contributed by atoms with Gasteiger partial charge in [-0.05, 0) is 42.5 Å². The van der Waals surface area contributed by atoms with E-state index in [2.05, 4.69) is 36.6 Å². The van der Waals surface area contributed by atoms with Gasteiger partial charge < -0.3 is 9.80 Å². The van der Waals surface area contributed by atoms with Gasteiger partial charge in [-0.3, -0.25) is 9.52 Å². The van der Waals surface area contributed by atoms with E-state index in [0.29, 0.717) is 31.7 Å². The number of thiazole rings is 1. The van der Waals surface area contributed by atoms with Gasteiger partial charge in [0.1, 0.15) is 0 Å². The second-order valence-electron chi connectivity index (χ2n) is 7.71. The summed E-state index contributed by atoms with van der Waals surface area (Å²) >= 11 is 5.13. The number of nitrogens with one attached hydrogen (secondary N) is 1. The molecule has 0 aliphatic carbocycles. The topological polar surface area (TPSA) is 95.5 Å². The van der Waals surface area contributed by atoms with Gasteiger partial charge in [0.2, 0.25) is 0 Å². The molecule has 0 spiro atoms. The first-order chi connectivity index (χ1) is 16.4. The number of fused-ring (bicyclic) bond motifs is 1. The van der Waals surface area contributed by atoms with Crippen LogP contribution in [0, 0.1) is 0 Å². The predicted molar refractivity (Wildman–Crippen MR) is 144 cm³/mol. The quantitative estimate of drug-likeness (QED) is 0.372. The number of carbonyl (C=O) groups excluding carboxylic acids is 1. The number of para-hydroxylation sites is 1. The van der Waals surface area contributed by atoms with Crippen LogP contribution in [0.5, 0.6) is 0 Å². The number of piperazine rings is 1. The molecule has 1 amide bonds. The molecule has 0 saturated carbocycles. The Labute approximate surface area is 227 Å². The van der Waals surface area contributed by atoms with Crippen molar-refractivity contribution < 1.29 is 13.2 Å². The number of rotatable bonds is 5. The first kappa shape index (κ1) is 25.7. The summed E-state index contributed by atoms with van der Waals surface area (Å²) in [4.78, 5) is 25.9. The maximum absolute atomic E-state index is 13.3. The summed E-state index contributed by atoms with van der Waals surface area (Å²) in [6.45, 7) is 2.32. The fourth-order valence-electron chi connectivity index (χ4n) is 3.75. The maximum atomic E-state index is 13.3. The number of sulfonamides is 1. The Morgan fingerprint density at radius 1 is 1.00 bits per heavy atom. The van der Waals surface area contributed by atoms with Crippen LogP contribution in [-0.4, -0.2) is 74.2 Å². The second-order valence-corrected chi connectivity index (χ2v) is 11.3. The number of pyridine rings is 1. The van der Waals surface area contributed by atoms with Crippen molar-refractivity contribution >= 4 is 83.1 Å². The van der Waals surface area contributed by atoms with E-state index in [9.17, 15) is 13.2 Å². The van der Waals surface area contributed by atoms with Gasteiger partial charge in [0.25, 0.3) is 15.9 Å². The normalized spacial score (nSPS) is 14.0. The van der Waals surface area contributed by atoms with E-state index < -0.39 is 10.0 Å². The van der Waals surface area contributed by atoms with Crippen molar-refractivity contribution in [2.75, 3.05) is 35.8 Å². The number of carbonyl (C=O) groups is 1. The van der Waals surface area contributed by atoms with Gasteiger partial charge in [-0.2, -0.15) is 8.42 Å². The monoisotopic (exact) mass is 565 g/mol. The van der Waals surface area contributed by atoms with E-state index in [-0.39, 0.29) is 35.5 Å². The molecule has 0 atom stereocenters. The molecule has 0 bridgehead atoms. The van der Waals surface area contributed by atoms with E-state index in [1.54, 1.807) is 52.6 Å². The molecule has 0 radical (unpaired) electrons. The number of nitrogens with zero attached hydrogens (tertiary/aromatic N) is 4. The Bertz CT molecular complexity index is 1460. The van der Waals surface area contributed by atoms with Gasteiger partial charge in [0.15, 0.2) is 10.2 Å². The summed E-state index contributed by atoms with van der Waals surface area (Å²) < 4.78 is 30.1. The van der Waals surface area contributed by atoms with Crippen LogP contribution in [0.4, 0.5) is 10.8 Å². The third kappa shape index (κ3) is 5.55. The van der Waals surface area contributed by atoms with E-state index in [1.807, 2.05) is 12.1 Å². The average molecular weight is 566 g/mol. The molecule has 0 unspecified atom stereocenters. The zero-order chi connectivity index (χ0) is 23.7. The molecule has 2 aromatic carbocycles. The molecule has 12 heteroatoms. The standard InChI is InChI=1S/C23H20BrN5O3S2.Li.H/c24-16-8-9-19-20(15-16)33-23(26-19)29-13-11-28(12-14-29)22(30)17-5-1-2-6-18(17)27-34(31,32)21-7-3-4-10-25-21;;/h1-10,15,27H,11-14H2;;. The van der Waals surface area contributed by atoms with Crippen LogP contribution in [-0.2, 0) is 10.0 Å². The van der Waals surface area contributed by atoms with Crippen LogP contribution in [0.25, 0.3) is 10.2 Å². The second kappa shape index (κ2) is 10.7. The minimum absolute atomic E-state index is 0. The summed E-state index contributed by atoms with van der Waals surface area (Å²) in [6, 6.07) is 17.3. The van der Waals surface area contributed by atoms with E-state index >= 15 is 0 Å². The summed E-state index contributed by atoms with van der Waals surface area (Å²) in [5.41, 5.74) is 1.49. The average Bonchev–Trinajstić information content (AvgIpc) is 3.28. The van der Waals surface area contributed by atoms with Gasteiger partial charge in [-0.25, -0.2) is 9.97 Å². The van der Waals surface area contributed by atoms with Gasteiger partial charge in [0.05, 0.1) is 21.5 Å². The molecule has 1 saturated heterocycles. The molecule has 176 valence electrons. The van der Waals surface area contributed by atoms with Gasteiger partial charge >= 0.3 is 18.9 Å². The molecule has 2 aromatic heterocycles. The van der Waals surface area contributed by atoms with Crippen LogP contribution >= 0.6 is 27.3 Å². The summed E-state index contributed by atoms with van der Waals surface area (Å²) in [5, 5.41) is 0.831. The van der Waals surface area contributed by atoms with Crippen LogP contribution in [0.3, 0.4) is 0 Å². The molecule has 1 aliphatic rings. The molecule has 5 rings (SSSR count). The van der Waals surface area contributed by atoms with Crippen LogP contribution in [0.15, 0.2) is 76.4 Å². The van der Waals surface area contributed by atoms with Gasteiger partial charge in [-0.15, -0.1) is 0 Å². The molecule has 1 N–H and O–H groups in total. The number of anilines is 2. The third-order valence-corrected chi connectivity index (χ3v) is 8.34. The fraction of sp³-hybridized carbons (Fsp3) is 0.174. The SMILES string of the molecule is O=C(c1ccccc1NS(=O)(=O)c1ccccn1)N1CCN(c2nc3ccc(Br)cc3s2)CC1.[LiH]. The van der Waals surface area contributed by atoms with Crippen LogP contribution in [0.2, 0.25) is 0 Å². The van der Waals surface area contributed by atoms with Crippen molar-refractivity contribution in [3.8, 4) is 0 Å². The Morgan fingerprint density at radius 3 is 2.49 bits per heavy atom. The molecular weight excluding hydrogens is 545 g/mol. The molecule has 8 nitrogen and oxygen atoms in total. The number of hydrogen-bond acceptors (Lipinski definition) is 7. The van der Waals surface area contributed by atoms with Crippen molar-refractivity contribution in [3.05, 3.63) is 76.9 Å². The first-order valence-electron chi connectivity index (χ1n) is 10.5. The number of halogens is 1. The number of aromatic nitrogens is 2. The number of amides is 1. The number of hydrogen-bond donors (Lipinski definition) is 1. The van der Waals surface area contributed by atoms with Crippen molar-refractivity contribution in [3.63, 3.8) is 0 Å². The van der Waals surface area contributed by atoms with Crippen molar-refractivity contribution in [2.45, 2.75) is 5.03 Å². The predicted octanol–water partition coefficient (Wildman–Crippen LogP) is 3.57. The Kier molecular flexibility index (Phi) is 7.83. The summed E-state index contributed by atoms with van der Waals surface area (Å²) in [6.07, 6.45) is 1.41. The van der Waals surface area contributed by atoms with Crippen molar-refractivity contribution in [1.29, 1.82) is 0 Å². The molecule has 3 heterocycles. The Balaban J connectivity index is 0.00000289. The van der Waals surface area contributed by atoms with E-state index in [1.165, 1.54) is 12.3 Å². The zero-order valence-corrected chi connectivity index (χ0v) is 21.1. The van der Waals surface area contributed by atoms with Crippen molar-refractivity contribution in [1.82, 2.24) is 14.9 Å². The van der Waals surface area contributed by atoms with Crippen molar-refractivity contribution in [2.24, 2.45) is 0 Å². The van der Waals surface area contributed by atoms with Crippen LogP contribution in [0.1, 0.15) is 10.4 Å². The molecule has 1 aliphatic heterocycles. The summed E-state index contributed by atoms with van der Waals surface area (Å²) in [5.74, 6) is -0.216. The van der Waals surface area contributed by atoms with Gasteiger partial charge in [0, 0.05) is 36.8 Å². The van der Waals surface area contributed by atoms with E-state index in [0.717, 1.165) is 19.8 Å². The first-order valence-corrected chi connectivity index (χ1v) is 13.6. The minimum atomic E-state index is -3.91. The molecule has 1 fully saturated rings. The Hall–Kier alpha value is -2.42. The number of benzene rings is 2. The fourth-order valence-corrected chi connectivity index (χ4v) is 6.35. The van der Waals surface area contributed by atoms with E-state index in [4.69, 9.17) is 4.98 Å². The van der Waals surface area contributed by atoms with Gasteiger partial charge in [-0.1, -0.05) is 45.5 Å². The molecular formula is C23H21BrLiN5O3S2. The zero-order valence-electron chi connectivity index (χ0n) is 17.9. The molecule has 35 heavy (non-hydrogen) atoms. The molecule has 4 aromatic rings. The summed E-state index contributed by atoms with van der Waals surface area (Å²) in [7, 11) is -3.91. The third-order valence-electron chi connectivity index (χ3n) is 5.49. The Morgan fingerprint density at radius 2 is 1.74 bits per heavy atom.